The maximum absolute atomic E-state index is 11.1. The predicted octanol–water partition coefficient (Wildman–Crippen LogP) is -0.107. The van der Waals surface area contributed by atoms with Gasteiger partial charge in [-0.25, -0.2) is 9.79 Å². The van der Waals surface area contributed by atoms with Crippen molar-refractivity contribution in [3.63, 3.8) is 0 Å². The van der Waals surface area contributed by atoms with Gasteiger partial charge in [-0.1, -0.05) is 6.58 Å². The topological polar surface area (TPSA) is 90.7 Å². The number of amidine groups is 1. The first-order valence-electron chi connectivity index (χ1n) is 3.70. The summed E-state index contributed by atoms with van der Waals surface area (Å²) in [6.45, 7) is 5.28. The summed E-state index contributed by atoms with van der Waals surface area (Å²) >= 11 is 0. The van der Waals surface area contributed by atoms with Gasteiger partial charge in [0.25, 0.3) is 0 Å². The van der Waals surface area contributed by atoms with Crippen LogP contribution in [0.4, 0.5) is 0 Å². The van der Waals surface area contributed by atoms with Crippen molar-refractivity contribution in [2.24, 2.45) is 16.5 Å². The highest BCUT2D eigenvalue weighted by Gasteiger charge is 2.13. The van der Waals surface area contributed by atoms with E-state index in [1.54, 1.807) is 6.92 Å². The van der Waals surface area contributed by atoms with Crippen molar-refractivity contribution in [1.29, 1.82) is 0 Å². The van der Waals surface area contributed by atoms with Crippen LogP contribution < -0.4 is 11.5 Å². The SMILES string of the molecule is C=CN=C(N)C(=CN)C(=O)OCC. The lowest BCUT2D eigenvalue weighted by molar-refractivity contribution is -0.137. The van der Waals surface area contributed by atoms with E-state index in [-0.39, 0.29) is 18.0 Å². The fourth-order valence-electron chi connectivity index (χ4n) is 0.635. The Hall–Kier alpha value is -1.78. The second kappa shape index (κ2) is 5.82. The Balaban J connectivity index is 4.62. The van der Waals surface area contributed by atoms with Crippen molar-refractivity contribution in [3.05, 3.63) is 24.6 Å². The molecule has 13 heavy (non-hydrogen) atoms. The molecule has 0 fully saturated rings. The van der Waals surface area contributed by atoms with Crippen molar-refractivity contribution in [3.8, 4) is 0 Å². The lowest BCUT2D eigenvalue weighted by atomic mass is 10.2. The summed E-state index contributed by atoms with van der Waals surface area (Å²) in [6.07, 6.45) is 2.28. The largest absolute Gasteiger partial charge is 0.462 e. The van der Waals surface area contributed by atoms with Crippen LogP contribution in [0.15, 0.2) is 29.5 Å². The number of hydrogen-bond donors (Lipinski definition) is 2. The second-order valence-electron chi connectivity index (χ2n) is 2.00. The first-order chi connectivity index (χ1) is 6.17. The number of hydrogen-bond acceptors (Lipinski definition) is 4. The van der Waals surface area contributed by atoms with Crippen LogP contribution in [0.25, 0.3) is 0 Å². The average molecular weight is 183 g/mol. The minimum atomic E-state index is -0.590. The summed E-state index contributed by atoms with van der Waals surface area (Å²) in [5, 5.41) is 0. The molecule has 0 aromatic rings. The Morgan fingerprint density at radius 2 is 2.31 bits per heavy atom. The Bertz CT molecular complexity index is 256. The molecule has 5 heteroatoms. The van der Waals surface area contributed by atoms with Gasteiger partial charge in [-0.2, -0.15) is 0 Å². The van der Waals surface area contributed by atoms with E-state index in [0.29, 0.717) is 0 Å². The van der Waals surface area contributed by atoms with Crippen LogP contribution in [0.3, 0.4) is 0 Å². The molecular formula is C8H13N3O2. The van der Waals surface area contributed by atoms with Gasteiger partial charge in [-0.05, 0) is 6.92 Å². The van der Waals surface area contributed by atoms with Gasteiger partial charge in [0, 0.05) is 12.4 Å². The zero-order valence-corrected chi connectivity index (χ0v) is 7.49. The Morgan fingerprint density at radius 1 is 1.69 bits per heavy atom. The van der Waals surface area contributed by atoms with Crippen molar-refractivity contribution >= 4 is 11.8 Å². The van der Waals surface area contributed by atoms with E-state index in [1.807, 2.05) is 0 Å². The third-order valence-corrected chi connectivity index (χ3v) is 1.17. The highest BCUT2D eigenvalue weighted by atomic mass is 16.5. The van der Waals surface area contributed by atoms with Crippen LogP contribution >= 0.6 is 0 Å². The van der Waals surface area contributed by atoms with Gasteiger partial charge in [0.05, 0.1) is 6.61 Å². The van der Waals surface area contributed by atoms with Gasteiger partial charge >= 0.3 is 5.97 Å². The standard InChI is InChI=1S/C8H13N3O2/c1-3-11-7(10)6(5-9)8(12)13-4-2/h3,5H,1,4,9H2,2H3,(H2,10,11). The molecule has 4 N–H and O–H groups in total. The fourth-order valence-corrected chi connectivity index (χ4v) is 0.635. The van der Waals surface area contributed by atoms with E-state index in [4.69, 9.17) is 11.5 Å². The predicted molar refractivity (Wildman–Crippen MR) is 50.7 cm³/mol. The summed E-state index contributed by atoms with van der Waals surface area (Å²) in [5.74, 6) is -0.593. The molecule has 0 rings (SSSR count). The average Bonchev–Trinajstić information content (AvgIpc) is 2.06. The summed E-state index contributed by atoms with van der Waals surface area (Å²) in [4.78, 5) is 14.7. The van der Waals surface area contributed by atoms with Crippen molar-refractivity contribution in [1.82, 2.24) is 0 Å². The molecule has 0 amide bonds. The summed E-state index contributed by atoms with van der Waals surface area (Å²) < 4.78 is 4.68. The molecule has 0 heterocycles. The number of esters is 1. The van der Waals surface area contributed by atoms with Crippen LogP contribution in [-0.4, -0.2) is 18.4 Å². The van der Waals surface area contributed by atoms with Gasteiger partial charge in [-0.15, -0.1) is 0 Å². The number of nitrogens with zero attached hydrogens (tertiary/aromatic N) is 1. The molecule has 0 aromatic heterocycles. The summed E-state index contributed by atoms with van der Waals surface area (Å²) in [5.41, 5.74) is 10.6. The van der Waals surface area contributed by atoms with Gasteiger partial charge in [0.15, 0.2) is 0 Å². The zero-order valence-electron chi connectivity index (χ0n) is 7.49. The number of aliphatic imine (C=N–C) groups is 1. The van der Waals surface area contributed by atoms with Gasteiger partial charge in [0.1, 0.15) is 11.4 Å². The van der Waals surface area contributed by atoms with Crippen molar-refractivity contribution < 1.29 is 9.53 Å². The Labute approximate surface area is 76.8 Å². The van der Waals surface area contributed by atoms with E-state index in [0.717, 1.165) is 6.20 Å². The second-order valence-corrected chi connectivity index (χ2v) is 2.00. The third kappa shape index (κ3) is 3.42. The molecular weight excluding hydrogens is 170 g/mol. The van der Waals surface area contributed by atoms with Gasteiger partial charge < -0.3 is 16.2 Å². The van der Waals surface area contributed by atoms with Crippen LogP contribution in [0.5, 0.6) is 0 Å². The van der Waals surface area contributed by atoms with Gasteiger partial charge in [-0.3, -0.25) is 0 Å². The molecule has 72 valence electrons. The molecule has 5 nitrogen and oxygen atoms in total. The zero-order chi connectivity index (χ0) is 10.3. The van der Waals surface area contributed by atoms with E-state index >= 15 is 0 Å². The quantitative estimate of drug-likeness (QED) is 0.275. The van der Waals surface area contributed by atoms with E-state index in [1.165, 1.54) is 6.20 Å². The lowest BCUT2D eigenvalue weighted by Gasteiger charge is -2.03. The number of nitrogens with two attached hydrogens (primary N) is 2. The van der Waals surface area contributed by atoms with Crippen LogP contribution in [0.2, 0.25) is 0 Å². The smallest absolute Gasteiger partial charge is 0.343 e. The molecule has 0 saturated carbocycles. The molecule has 0 bridgehead atoms. The maximum atomic E-state index is 11.1. The third-order valence-electron chi connectivity index (χ3n) is 1.17. The van der Waals surface area contributed by atoms with Crippen molar-refractivity contribution in [2.75, 3.05) is 6.61 Å². The van der Waals surface area contributed by atoms with E-state index in [9.17, 15) is 4.79 Å². The monoisotopic (exact) mass is 183 g/mol. The number of rotatable bonds is 4. The number of carbonyl (C=O) groups excluding carboxylic acids is 1. The minimum absolute atomic E-state index is 0.00375. The molecule has 0 spiro atoms. The molecule has 0 aliphatic carbocycles. The molecule has 0 aromatic carbocycles. The maximum Gasteiger partial charge on any atom is 0.343 e. The lowest BCUT2D eigenvalue weighted by Crippen LogP contribution is -2.23. The molecule has 0 aliphatic heterocycles. The number of carbonyl (C=O) groups is 1. The summed E-state index contributed by atoms with van der Waals surface area (Å²) in [7, 11) is 0. The van der Waals surface area contributed by atoms with Crippen LogP contribution in [0.1, 0.15) is 6.92 Å². The highest BCUT2D eigenvalue weighted by molar-refractivity contribution is 6.18. The fraction of sp³-hybridized carbons (Fsp3) is 0.250. The van der Waals surface area contributed by atoms with Gasteiger partial charge in [0.2, 0.25) is 0 Å². The molecule has 0 unspecified atom stereocenters. The van der Waals surface area contributed by atoms with Crippen LogP contribution in [0, 0.1) is 0 Å². The highest BCUT2D eigenvalue weighted by Crippen LogP contribution is 1.97. The normalized spacial score (nSPS) is 12.4. The Morgan fingerprint density at radius 3 is 2.69 bits per heavy atom. The van der Waals surface area contributed by atoms with Crippen LogP contribution in [-0.2, 0) is 9.53 Å². The minimum Gasteiger partial charge on any atom is -0.462 e. The van der Waals surface area contributed by atoms with Crippen molar-refractivity contribution in [2.45, 2.75) is 6.92 Å². The first-order valence-corrected chi connectivity index (χ1v) is 3.70. The first kappa shape index (κ1) is 11.2. The Kier molecular flexibility index (Phi) is 5.02. The number of ether oxygens (including phenoxy) is 1. The molecule has 0 radical (unpaired) electrons. The van der Waals surface area contributed by atoms with E-state index < -0.39 is 5.97 Å². The summed E-state index contributed by atoms with van der Waals surface area (Å²) in [6, 6.07) is 0. The molecule has 0 saturated heterocycles. The molecule has 0 aliphatic rings. The van der Waals surface area contributed by atoms with E-state index in [2.05, 4.69) is 16.3 Å². The molecule has 0 atom stereocenters.